The molecule has 2 N–H and O–H groups in total. The minimum Gasteiger partial charge on any atom is -0.384 e. The van der Waals surface area contributed by atoms with Crippen LogP contribution in [0, 0.1) is 0 Å². The molecule has 0 spiro atoms. The number of carbonyl (C=O) groups is 3. The van der Waals surface area contributed by atoms with Gasteiger partial charge in [-0.05, 0) is 0 Å². The highest BCUT2D eigenvalue weighted by molar-refractivity contribution is 5.88. The van der Waals surface area contributed by atoms with E-state index in [-0.39, 0.29) is 24.8 Å². The van der Waals surface area contributed by atoms with Gasteiger partial charge in [0.15, 0.2) is 0 Å². The average molecular weight is 257 g/mol. The summed E-state index contributed by atoms with van der Waals surface area (Å²) in [6, 6.07) is -0.744. The van der Waals surface area contributed by atoms with E-state index < -0.39 is 11.9 Å². The zero-order valence-electron chi connectivity index (χ0n) is 10.7. The van der Waals surface area contributed by atoms with Gasteiger partial charge < -0.3 is 20.3 Å². The van der Waals surface area contributed by atoms with Gasteiger partial charge in [-0.25, -0.2) is 0 Å². The lowest BCUT2D eigenvalue weighted by Gasteiger charge is -2.39. The summed E-state index contributed by atoms with van der Waals surface area (Å²) < 4.78 is 4.83. The summed E-state index contributed by atoms with van der Waals surface area (Å²) in [4.78, 5) is 37.5. The van der Waals surface area contributed by atoms with E-state index in [9.17, 15) is 14.4 Å². The van der Waals surface area contributed by atoms with Crippen LogP contribution in [0.5, 0.6) is 0 Å². The Balaban J connectivity index is 2.70. The molecule has 3 amide bonds. The van der Waals surface area contributed by atoms with Crippen molar-refractivity contribution >= 4 is 17.7 Å². The monoisotopic (exact) mass is 257 g/mol. The van der Waals surface area contributed by atoms with Crippen molar-refractivity contribution in [3.05, 3.63) is 0 Å². The molecule has 7 heteroatoms. The van der Waals surface area contributed by atoms with Crippen molar-refractivity contribution in [1.29, 1.82) is 0 Å². The van der Waals surface area contributed by atoms with E-state index in [1.165, 1.54) is 23.8 Å². The van der Waals surface area contributed by atoms with Crippen molar-refractivity contribution in [2.75, 3.05) is 33.4 Å². The summed E-state index contributed by atoms with van der Waals surface area (Å²) in [5.74, 6) is -0.888. The molecule has 1 fully saturated rings. The van der Waals surface area contributed by atoms with E-state index in [1.807, 2.05) is 0 Å². The summed E-state index contributed by atoms with van der Waals surface area (Å²) in [5, 5.41) is 0. The van der Waals surface area contributed by atoms with Crippen LogP contribution in [-0.2, 0) is 19.1 Å². The smallest absolute Gasteiger partial charge is 0.242 e. The molecule has 1 atom stereocenters. The van der Waals surface area contributed by atoms with E-state index in [1.54, 1.807) is 0 Å². The SMILES string of the molecule is COCCC(=O)N1CCN(C(C)=O)CC1C(N)=O. The van der Waals surface area contributed by atoms with Crippen LogP contribution in [0.1, 0.15) is 13.3 Å². The molecular formula is C11H19N3O4. The first-order valence-electron chi connectivity index (χ1n) is 5.80. The second kappa shape index (κ2) is 6.34. The van der Waals surface area contributed by atoms with Gasteiger partial charge in [0.2, 0.25) is 17.7 Å². The molecule has 1 rings (SSSR count). The Bertz CT molecular complexity index is 345. The predicted octanol–water partition coefficient (Wildman–Crippen LogP) is -1.43. The molecule has 0 saturated carbocycles. The van der Waals surface area contributed by atoms with Crippen LogP contribution >= 0.6 is 0 Å². The van der Waals surface area contributed by atoms with Crippen molar-refractivity contribution in [3.63, 3.8) is 0 Å². The zero-order chi connectivity index (χ0) is 13.7. The molecule has 1 heterocycles. The Morgan fingerprint density at radius 2 is 2.00 bits per heavy atom. The maximum Gasteiger partial charge on any atom is 0.242 e. The van der Waals surface area contributed by atoms with Gasteiger partial charge in [-0.1, -0.05) is 0 Å². The Labute approximate surface area is 106 Å². The number of ether oxygens (including phenoxy) is 1. The van der Waals surface area contributed by atoms with E-state index >= 15 is 0 Å². The summed E-state index contributed by atoms with van der Waals surface area (Å²) in [5.41, 5.74) is 5.28. The van der Waals surface area contributed by atoms with Crippen molar-refractivity contribution in [1.82, 2.24) is 9.80 Å². The van der Waals surface area contributed by atoms with Crippen LogP contribution in [-0.4, -0.2) is 66.9 Å². The standard InChI is InChI=1S/C11H19N3O4/c1-8(15)13-4-5-14(9(7-13)11(12)17)10(16)3-6-18-2/h9H,3-7H2,1-2H3,(H2,12,17). The van der Waals surface area contributed by atoms with Gasteiger partial charge in [-0.2, -0.15) is 0 Å². The quantitative estimate of drug-likeness (QED) is 0.668. The first kappa shape index (κ1) is 14.4. The van der Waals surface area contributed by atoms with Gasteiger partial charge in [0.1, 0.15) is 6.04 Å². The molecule has 0 aliphatic carbocycles. The fourth-order valence-electron chi connectivity index (χ4n) is 1.94. The first-order chi connectivity index (χ1) is 8.47. The van der Waals surface area contributed by atoms with Crippen molar-refractivity contribution < 1.29 is 19.1 Å². The van der Waals surface area contributed by atoms with E-state index in [0.29, 0.717) is 19.7 Å². The maximum absolute atomic E-state index is 11.9. The van der Waals surface area contributed by atoms with Crippen LogP contribution < -0.4 is 5.73 Å². The number of amides is 3. The third kappa shape index (κ3) is 3.43. The van der Waals surface area contributed by atoms with E-state index in [2.05, 4.69) is 0 Å². The van der Waals surface area contributed by atoms with Gasteiger partial charge in [0.25, 0.3) is 0 Å². The molecule has 0 aromatic heterocycles. The molecule has 0 aromatic rings. The Hall–Kier alpha value is -1.63. The summed E-state index contributed by atoms with van der Waals surface area (Å²) in [6.07, 6.45) is 0.209. The summed E-state index contributed by atoms with van der Waals surface area (Å²) >= 11 is 0. The molecule has 18 heavy (non-hydrogen) atoms. The normalized spacial score (nSPS) is 19.8. The molecular weight excluding hydrogens is 238 g/mol. The lowest BCUT2D eigenvalue weighted by atomic mass is 10.1. The molecule has 1 aliphatic rings. The van der Waals surface area contributed by atoms with Gasteiger partial charge in [0, 0.05) is 27.1 Å². The minimum absolute atomic E-state index is 0.120. The number of hydrogen-bond donors (Lipinski definition) is 1. The number of rotatable bonds is 4. The molecule has 0 aromatic carbocycles. The number of primary amides is 1. The zero-order valence-corrected chi connectivity index (χ0v) is 10.7. The molecule has 1 unspecified atom stereocenters. The highest BCUT2D eigenvalue weighted by Crippen LogP contribution is 2.11. The summed E-state index contributed by atoms with van der Waals surface area (Å²) in [6.45, 7) is 2.66. The lowest BCUT2D eigenvalue weighted by Crippen LogP contribution is -2.60. The number of hydrogen-bond acceptors (Lipinski definition) is 4. The molecule has 1 aliphatic heterocycles. The van der Waals surface area contributed by atoms with Crippen LogP contribution in [0.3, 0.4) is 0 Å². The predicted molar refractivity (Wildman–Crippen MR) is 63.4 cm³/mol. The maximum atomic E-state index is 11.9. The van der Waals surface area contributed by atoms with Crippen LogP contribution in [0.2, 0.25) is 0 Å². The molecule has 1 saturated heterocycles. The van der Waals surface area contributed by atoms with Crippen molar-refractivity contribution in [2.24, 2.45) is 5.73 Å². The largest absolute Gasteiger partial charge is 0.384 e. The van der Waals surface area contributed by atoms with E-state index in [4.69, 9.17) is 10.5 Å². The highest BCUT2D eigenvalue weighted by atomic mass is 16.5. The van der Waals surface area contributed by atoms with Gasteiger partial charge in [-0.15, -0.1) is 0 Å². The van der Waals surface area contributed by atoms with Crippen LogP contribution in [0.15, 0.2) is 0 Å². The fourth-order valence-corrected chi connectivity index (χ4v) is 1.94. The highest BCUT2D eigenvalue weighted by Gasteiger charge is 2.34. The van der Waals surface area contributed by atoms with Crippen molar-refractivity contribution in [3.8, 4) is 0 Å². The second-order valence-electron chi connectivity index (χ2n) is 4.21. The third-order valence-corrected chi connectivity index (χ3v) is 2.99. The molecule has 7 nitrogen and oxygen atoms in total. The fraction of sp³-hybridized carbons (Fsp3) is 0.727. The topological polar surface area (TPSA) is 92.9 Å². The van der Waals surface area contributed by atoms with E-state index in [0.717, 1.165) is 0 Å². The van der Waals surface area contributed by atoms with Crippen LogP contribution in [0.4, 0.5) is 0 Å². The molecule has 102 valence electrons. The first-order valence-corrected chi connectivity index (χ1v) is 5.80. The average Bonchev–Trinajstić information content (AvgIpc) is 2.34. The van der Waals surface area contributed by atoms with Gasteiger partial charge in [0.05, 0.1) is 19.6 Å². The Kier molecular flexibility index (Phi) is 5.08. The second-order valence-corrected chi connectivity index (χ2v) is 4.21. The number of carbonyl (C=O) groups excluding carboxylic acids is 3. The summed E-state index contributed by atoms with van der Waals surface area (Å²) in [7, 11) is 1.51. The van der Waals surface area contributed by atoms with Crippen LogP contribution in [0.25, 0.3) is 0 Å². The number of piperazine rings is 1. The number of nitrogens with zero attached hydrogens (tertiary/aromatic N) is 2. The number of nitrogens with two attached hydrogens (primary N) is 1. The Morgan fingerprint density at radius 3 is 2.50 bits per heavy atom. The van der Waals surface area contributed by atoms with Gasteiger partial charge in [-0.3, -0.25) is 14.4 Å². The van der Waals surface area contributed by atoms with Crippen molar-refractivity contribution in [2.45, 2.75) is 19.4 Å². The third-order valence-electron chi connectivity index (χ3n) is 2.99. The number of methoxy groups -OCH3 is 1. The van der Waals surface area contributed by atoms with Gasteiger partial charge >= 0.3 is 0 Å². The Morgan fingerprint density at radius 1 is 1.33 bits per heavy atom. The lowest BCUT2D eigenvalue weighted by molar-refractivity contribution is -0.147. The molecule has 0 bridgehead atoms. The molecule has 0 radical (unpaired) electrons. The minimum atomic E-state index is -0.744.